The molecule has 0 radical (unpaired) electrons. The van der Waals surface area contributed by atoms with E-state index in [9.17, 15) is 13.2 Å². The van der Waals surface area contributed by atoms with Crippen LogP contribution in [0.5, 0.6) is 0 Å². The summed E-state index contributed by atoms with van der Waals surface area (Å²) in [5.74, 6) is -1.20. The van der Waals surface area contributed by atoms with Crippen LogP contribution < -0.4 is 4.72 Å². The number of aromatic nitrogens is 2. The summed E-state index contributed by atoms with van der Waals surface area (Å²) in [6.07, 6.45) is 2.46. The first kappa shape index (κ1) is 11.7. The van der Waals surface area contributed by atoms with Crippen molar-refractivity contribution < 1.29 is 18.3 Å². The lowest BCUT2D eigenvalue weighted by Crippen LogP contribution is -2.40. The van der Waals surface area contributed by atoms with E-state index in [0.29, 0.717) is 0 Å². The number of hydrogen-bond acceptors (Lipinski definition) is 4. The topological polar surface area (TPSA) is 112 Å². The Balaban J connectivity index is 2.86. The fraction of sp³-hybridized carbons (Fsp3) is 0.429. The van der Waals surface area contributed by atoms with Crippen molar-refractivity contribution >= 4 is 16.0 Å². The van der Waals surface area contributed by atoms with Crippen LogP contribution >= 0.6 is 0 Å². The Morgan fingerprint density at radius 2 is 2.40 bits per heavy atom. The van der Waals surface area contributed by atoms with Gasteiger partial charge in [0.25, 0.3) is 0 Å². The molecule has 0 aromatic carbocycles. The molecule has 15 heavy (non-hydrogen) atoms. The molecule has 0 spiro atoms. The molecule has 0 saturated heterocycles. The van der Waals surface area contributed by atoms with Gasteiger partial charge in [-0.2, -0.15) is 9.82 Å². The maximum Gasteiger partial charge on any atom is 0.321 e. The first-order chi connectivity index (χ1) is 6.97. The smallest absolute Gasteiger partial charge is 0.321 e. The van der Waals surface area contributed by atoms with Gasteiger partial charge < -0.3 is 5.11 Å². The number of hydrogen-bond donors (Lipinski definition) is 3. The molecule has 8 heteroatoms. The first-order valence-electron chi connectivity index (χ1n) is 4.21. The molecule has 3 N–H and O–H groups in total. The van der Waals surface area contributed by atoms with Crippen LogP contribution in [-0.4, -0.2) is 35.7 Å². The van der Waals surface area contributed by atoms with Crippen molar-refractivity contribution in [1.82, 2.24) is 14.9 Å². The summed E-state index contributed by atoms with van der Waals surface area (Å²) in [6, 6.07) is -1.12. The molecule has 1 aromatic rings. The standard InChI is InChI=1S/C7H11N3O4S/c1-2-6(7(11)12)10-15(13,14)5-3-8-9-4-5/h3-4,6,10H,2H2,1H3,(H,8,9)(H,11,12). The van der Waals surface area contributed by atoms with Gasteiger partial charge in [-0.15, -0.1) is 0 Å². The molecular formula is C7H11N3O4S. The van der Waals surface area contributed by atoms with Gasteiger partial charge in [0.1, 0.15) is 10.9 Å². The molecular weight excluding hydrogens is 222 g/mol. The minimum Gasteiger partial charge on any atom is -0.480 e. The average molecular weight is 233 g/mol. The molecule has 7 nitrogen and oxygen atoms in total. The van der Waals surface area contributed by atoms with Gasteiger partial charge in [0.2, 0.25) is 10.0 Å². The highest BCUT2D eigenvalue weighted by molar-refractivity contribution is 7.89. The second kappa shape index (κ2) is 4.41. The summed E-state index contributed by atoms with van der Waals surface area (Å²) in [5, 5.41) is 14.5. The van der Waals surface area contributed by atoms with Crippen LogP contribution in [0.15, 0.2) is 17.3 Å². The molecule has 1 rings (SSSR count). The average Bonchev–Trinajstić information content (AvgIpc) is 2.67. The van der Waals surface area contributed by atoms with Crippen molar-refractivity contribution in [2.45, 2.75) is 24.3 Å². The number of aliphatic carboxylic acids is 1. The summed E-state index contributed by atoms with van der Waals surface area (Å²) in [7, 11) is -3.80. The fourth-order valence-electron chi connectivity index (χ4n) is 0.950. The van der Waals surface area contributed by atoms with Crippen LogP contribution in [0, 0.1) is 0 Å². The highest BCUT2D eigenvalue weighted by atomic mass is 32.2. The molecule has 0 saturated carbocycles. The summed E-state index contributed by atoms with van der Waals surface area (Å²) >= 11 is 0. The Kier molecular flexibility index (Phi) is 3.43. The molecule has 1 unspecified atom stereocenters. The van der Waals surface area contributed by atoms with Gasteiger partial charge >= 0.3 is 5.97 Å². The van der Waals surface area contributed by atoms with Gasteiger partial charge in [-0.05, 0) is 6.42 Å². The first-order valence-corrected chi connectivity index (χ1v) is 5.69. The minimum absolute atomic E-state index is 0.0813. The fourth-order valence-corrected chi connectivity index (χ4v) is 2.13. The summed E-state index contributed by atoms with van der Waals surface area (Å²) < 4.78 is 25.1. The van der Waals surface area contributed by atoms with Crippen molar-refractivity contribution in [1.29, 1.82) is 0 Å². The number of nitrogens with one attached hydrogen (secondary N) is 2. The van der Waals surface area contributed by atoms with E-state index in [1.54, 1.807) is 6.92 Å². The third-order valence-corrected chi connectivity index (χ3v) is 3.23. The monoisotopic (exact) mass is 233 g/mol. The molecule has 84 valence electrons. The predicted octanol–water partition coefficient (Wildman–Crippen LogP) is -0.449. The van der Waals surface area contributed by atoms with Gasteiger partial charge in [-0.3, -0.25) is 9.89 Å². The highest BCUT2D eigenvalue weighted by Crippen LogP contribution is 2.06. The second-order valence-corrected chi connectivity index (χ2v) is 4.57. The number of nitrogens with zero attached hydrogens (tertiary/aromatic N) is 1. The zero-order chi connectivity index (χ0) is 11.5. The van der Waals surface area contributed by atoms with Crippen LogP contribution in [0.25, 0.3) is 0 Å². The van der Waals surface area contributed by atoms with Gasteiger partial charge in [-0.25, -0.2) is 8.42 Å². The number of sulfonamides is 1. The van der Waals surface area contributed by atoms with Crippen molar-refractivity contribution in [3.8, 4) is 0 Å². The van der Waals surface area contributed by atoms with E-state index in [1.807, 2.05) is 0 Å². The lowest BCUT2D eigenvalue weighted by Gasteiger charge is -2.11. The van der Waals surface area contributed by atoms with Crippen molar-refractivity contribution in [2.24, 2.45) is 0 Å². The largest absolute Gasteiger partial charge is 0.480 e. The molecule has 0 aliphatic carbocycles. The predicted molar refractivity (Wildman–Crippen MR) is 50.6 cm³/mol. The molecule has 0 amide bonds. The molecule has 1 aromatic heterocycles. The lowest BCUT2D eigenvalue weighted by molar-refractivity contribution is -0.139. The molecule has 0 fully saturated rings. The van der Waals surface area contributed by atoms with E-state index in [0.717, 1.165) is 6.20 Å². The van der Waals surface area contributed by atoms with Crippen molar-refractivity contribution in [3.63, 3.8) is 0 Å². The number of rotatable bonds is 5. The number of carboxylic acids is 1. The summed E-state index contributed by atoms with van der Waals surface area (Å²) in [6.45, 7) is 1.58. The summed E-state index contributed by atoms with van der Waals surface area (Å²) in [4.78, 5) is 10.5. The molecule has 0 aliphatic rings. The Hall–Kier alpha value is -1.41. The van der Waals surface area contributed by atoms with Gasteiger partial charge in [0.15, 0.2) is 0 Å². The van der Waals surface area contributed by atoms with E-state index < -0.39 is 22.0 Å². The Morgan fingerprint density at radius 3 is 2.80 bits per heavy atom. The van der Waals surface area contributed by atoms with E-state index in [2.05, 4.69) is 14.9 Å². The van der Waals surface area contributed by atoms with E-state index in [-0.39, 0.29) is 11.3 Å². The maximum atomic E-state index is 11.5. The van der Waals surface area contributed by atoms with Crippen LogP contribution in [0.2, 0.25) is 0 Å². The Labute approximate surface area is 86.6 Å². The third-order valence-electron chi connectivity index (χ3n) is 1.79. The van der Waals surface area contributed by atoms with E-state index >= 15 is 0 Å². The second-order valence-electron chi connectivity index (χ2n) is 2.85. The molecule has 0 aliphatic heterocycles. The maximum absolute atomic E-state index is 11.5. The minimum atomic E-state index is -3.80. The zero-order valence-corrected chi connectivity index (χ0v) is 8.78. The van der Waals surface area contributed by atoms with Crippen LogP contribution in [0.1, 0.15) is 13.3 Å². The number of aromatic amines is 1. The van der Waals surface area contributed by atoms with Crippen LogP contribution in [-0.2, 0) is 14.8 Å². The number of carboxylic acid groups (broad SMARTS) is 1. The Morgan fingerprint density at radius 1 is 1.73 bits per heavy atom. The highest BCUT2D eigenvalue weighted by Gasteiger charge is 2.24. The summed E-state index contributed by atoms with van der Waals surface area (Å²) in [5.41, 5.74) is 0. The van der Waals surface area contributed by atoms with Crippen molar-refractivity contribution in [3.05, 3.63) is 12.4 Å². The van der Waals surface area contributed by atoms with E-state index in [1.165, 1.54) is 6.20 Å². The molecule has 1 heterocycles. The quantitative estimate of drug-likeness (QED) is 0.637. The van der Waals surface area contributed by atoms with Crippen LogP contribution in [0.4, 0.5) is 0 Å². The number of carbonyl (C=O) groups is 1. The van der Waals surface area contributed by atoms with E-state index in [4.69, 9.17) is 5.11 Å². The number of H-pyrrole nitrogens is 1. The van der Waals surface area contributed by atoms with Crippen molar-refractivity contribution in [2.75, 3.05) is 0 Å². The van der Waals surface area contributed by atoms with Gasteiger partial charge in [0.05, 0.1) is 6.20 Å². The lowest BCUT2D eigenvalue weighted by atomic mass is 10.2. The van der Waals surface area contributed by atoms with Gasteiger partial charge in [0, 0.05) is 6.20 Å². The van der Waals surface area contributed by atoms with Crippen LogP contribution in [0.3, 0.4) is 0 Å². The third kappa shape index (κ3) is 2.77. The molecule has 1 atom stereocenters. The molecule has 0 bridgehead atoms. The SMILES string of the molecule is CCC(NS(=O)(=O)c1cn[nH]c1)C(=O)O. The Bertz CT molecular complexity index is 425. The zero-order valence-electron chi connectivity index (χ0n) is 7.97. The normalized spacial score (nSPS) is 13.7. The van der Waals surface area contributed by atoms with Gasteiger partial charge in [-0.1, -0.05) is 6.92 Å².